The summed E-state index contributed by atoms with van der Waals surface area (Å²) < 4.78 is 0. The summed E-state index contributed by atoms with van der Waals surface area (Å²) in [5, 5.41) is 19.6. The first-order valence-corrected chi connectivity index (χ1v) is 5.23. The minimum Gasteiger partial charge on any atom is -0.481 e. The van der Waals surface area contributed by atoms with Gasteiger partial charge < -0.3 is 15.5 Å². The van der Waals surface area contributed by atoms with E-state index in [4.69, 9.17) is 10.2 Å². The average molecular weight is 243 g/mol. The van der Waals surface area contributed by atoms with Gasteiger partial charge in [-0.05, 0) is 26.7 Å². The van der Waals surface area contributed by atoms with Gasteiger partial charge in [0.25, 0.3) is 0 Å². The zero-order valence-electron chi connectivity index (χ0n) is 9.90. The maximum atomic E-state index is 11.3. The summed E-state index contributed by atoms with van der Waals surface area (Å²) in [4.78, 5) is 32.4. The molecule has 0 rings (SSSR count). The number of carboxylic acid groups (broad SMARTS) is 2. The number of hydrogen-bond acceptors (Lipinski definition) is 3. The van der Waals surface area contributed by atoms with Crippen molar-refractivity contribution in [2.24, 2.45) is 0 Å². The highest BCUT2D eigenvalue weighted by atomic mass is 16.4. The molecule has 96 valence electrons. The molecule has 6 nitrogen and oxygen atoms in total. The van der Waals surface area contributed by atoms with E-state index in [2.05, 4.69) is 5.32 Å². The van der Waals surface area contributed by atoms with Gasteiger partial charge in [0.1, 0.15) is 6.04 Å². The Morgan fingerprint density at radius 2 is 1.82 bits per heavy atom. The van der Waals surface area contributed by atoms with Crippen molar-refractivity contribution in [2.75, 3.05) is 0 Å². The molecule has 0 aromatic carbocycles. The lowest BCUT2D eigenvalue weighted by Gasteiger charge is -2.12. The molecular formula is C11H17NO5. The fraction of sp³-hybridized carbons (Fsp3) is 0.545. The van der Waals surface area contributed by atoms with Crippen molar-refractivity contribution in [3.05, 3.63) is 11.6 Å². The summed E-state index contributed by atoms with van der Waals surface area (Å²) in [5.41, 5.74) is 0.761. The van der Waals surface area contributed by atoms with Crippen LogP contribution in [-0.2, 0) is 14.4 Å². The first-order valence-electron chi connectivity index (χ1n) is 5.23. The molecule has 0 aliphatic rings. The van der Waals surface area contributed by atoms with Crippen molar-refractivity contribution in [1.82, 2.24) is 5.32 Å². The van der Waals surface area contributed by atoms with Gasteiger partial charge >= 0.3 is 11.9 Å². The van der Waals surface area contributed by atoms with Crippen molar-refractivity contribution < 1.29 is 24.6 Å². The van der Waals surface area contributed by atoms with Crippen molar-refractivity contribution in [2.45, 2.75) is 39.2 Å². The Morgan fingerprint density at radius 1 is 1.24 bits per heavy atom. The summed E-state index contributed by atoms with van der Waals surface area (Å²) in [6.45, 7) is 3.44. The van der Waals surface area contributed by atoms with Gasteiger partial charge in [-0.25, -0.2) is 4.79 Å². The van der Waals surface area contributed by atoms with E-state index in [-0.39, 0.29) is 19.3 Å². The van der Waals surface area contributed by atoms with Crippen molar-refractivity contribution in [3.63, 3.8) is 0 Å². The standard InChI is InChI=1S/C11H17NO5/c1-7(2)6-9(13)12-8(11(16)17)4-3-5-10(14)15/h6,8H,3-5H2,1-2H3,(H,12,13)(H,14,15)(H,16,17)/t8-/m1/s1. The quantitative estimate of drug-likeness (QED) is 0.573. The van der Waals surface area contributed by atoms with E-state index in [1.54, 1.807) is 13.8 Å². The molecule has 0 bridgehead atoms. The number of rotatable bonds is 7. The van der Waals surface area contributed by atoms with Gasteiger partial charge in [-0.1, -0.05) is 5.57 Å². The Bertz CT molecular complexity index is 331. The van der Waals surface area contributed by atoms with Gasteiger partial charge in [-0.2, -0.15) is 0 Å². The second kappa shape index (κ2) is 7.43. The fourth-order valence-corrected chi connectivity index (χ4v) is 1.19. The van der Waals surface area contributed by atoms with E-state index in [0.29, 0.717) is 0 Å². The molecule has 0 spiro atoms. The molecule has 0 unspecified atom stereocenters. The minimum atomic E-state index is -1.16. The molecule has 17 heavy (non-hydrogen) atoms. The number of amides is 1. The highest BCUT2D eigenvalue weighted by Gasteiger charge is 2.18. The average Bonchev–Trinajstić information content (AvgIpc) is 2.13. The predicted molar refractivity (Wildman–Crippen MR) is 60.5 cm³/mol. The summed E-state index contributed by atoms with van der Waals surface area (Å²) in [7, 11) is 0. The lowest BCUT2D eigenvalue weighted by Crippen LogP contribution is -2.40. The van der Waals surface area contributed by atoms with Crippen LogP contribution < -0.4 is 5.32 Å². The number of nitrogens with one attached hydrogen (secondary N) is 1. The number of carbonyl (C=O) groups excluding carboxylic acids is 1. The number of hydrogen-bond donors (Lipinski definition) is 3. The van der Waals surface area contributed by atoms with E-state index in [9.17, 15) is 14.4 Å². The largest absolute Gasteiger partial charge is 0.481 e. The zero-order valence-corrected chi connectivity index (χ0v) is 9.90. The number of aliphatic carboxylic acids is 2. The fourth-order valence-electron chi connectivity index (χ4n) is 1.19. The van der Waals surface area contributed by atoms with Gasteiger partial charge in [0, 0.05) is 12.5 Å². The molecule has 0 fully saturated rings. The van der Waals surface area contributed by atoms with Gasteiger partial charge in [0.2, 0.25) is 5.91 Å². The number of carboxylic acids is 2. The third kappa shape index (κ3) is 8.01. The molecule has 1 amide bonds. The normalized spacial score (nSPS) is 11.4. The molecule has 0 saturated carbocycles. The van der Waals surface area contributed by atoms with Gasteiger partial charge in [-0.3, -0.25) is 9.59 Å². The summed E-state index contributed by atoms with van der Waals surface area (Å²) >= 11 is 0. The maximum absolute atomic E-state index is 11.3. The van der Waals surface area contributed by atoms with Crippen LogP contribution in [-0.4, -0.2) is 34.1 Å². The Labute approximate surface area is 99.3 Å². The maximum Gasteiger partial charge on any atom is 0.326 e. The van der Waals surface area contributed by atoms with Gasteiger partial charge in [0.15, 0.2) is 0 Å². The van der Waals surface area contributed by atoms with Crippen LogP contribution in [0.2, 0.25) is 0 Å². The summed E-state index contributed by atoms with van der Waals surface area (Å²) in [6.07, 6.45) is 1.50. The molecule has 6 heteroatoms. The molecule has 0 aliphatic heterocycles. The second-order valence-corrected chi connectivity index (χ2v) is 3.91. The molecule has 0 aliphatic carbocycles. The van der Waals surface area contributed by atoms with E-state index < -0.39 is 23.9 Å². The van der Waals surface area contributed by atoms with Gasteiger partial charge in [0.05, 0.1) is 0 Å². The van der Waals surface area contributed by atoms with E-state index >= 15 is 0 Å². The van der Waals surface area contributed by atoms with Crippen molar-refractivity contribution in [3.8, 4) is 0 Å². The minimum absolute atomic E-state index is 0.101. The third-order valence-corrected chi connectivity index (χ3v) is 1.92. The van der Waals surface area contributed by atoms with Crippen LogP contribution in [0.4, 0.5) is 0 Å². The number of carbonyl (C=O) groups is 3. The van der Waals surface area contributed by atoms with E-state index in [1.165, 1.54) is 6.08 Å². The van der Waals surface area contributed by atoms with E-state index in [1.807, 2.05) is 0 Å². The Kier molecular flexibility index (Phi) is 6.62. The van der Waals surface area contributed by atoms with E-state index in [0.717, 1.165) is 5.57 Å². The highest BCUT2D eigenvalue weighted by molar-refractivity contribution is 5.91. The van der Waals surface area contributed by atoms with Crippen LogP contribution in [0, 0.1) is 0 Å². The molecule has 0 radical (unpaired) electrons. The van der Waals surface area contributed by atoms with Crippen LogP contribution in [0.15, 0.2) is 11.6 Å². The molecule has 0 aromatic rings. The zero-order chi connectivity index (χ0) is 13.4. The van der Waals surface area contributed by atoms with Crippen LogP contribution in [0.1, 0.15) is 33.1 Å². The van der Waals surface area contributed by atoms with Crippen LogP contribution >= 0.6 is 0 Å². The Hall–Kier alpha value is -1.85. The Morgan fingerprint density at radius 3 is 2.24 bits per heavy atom. The molecular weight excluding hydrogens is 226 g/mol. The van der Waals surface area contributed by atoms with Crippen LogP contribution in [0.25, 0.3) is 0 Å². The first-order chi connectivity index (χ1) is 7.82. The van der Waals surface area contributed by atoms with Gasteiger partial charge in [-0.15, -0.1) is 0 Å². The molecule has 0 aromatic heterocycles. The van der Waals surface area contributed by atoms with Crippen molar-refractivity contribution >= 4 is 17.8 Å². The topological polar surface area (TPSA) is 104 Å². The number of allylic oxidation sites excluding steroid dienone is 1. The summed E-state index contributed by atoms with van der Waals surface area (Å²) in [6, 6.07) is -1.04. The van der Waals surface area contributed by atoms with Crippen LogP contribution in [0.5, 0.6) is 0 Å². The summed E-state index contributed by atoms with van der Waals surface area (Å²) in [5.74, 6) is -2.62. The first kappa shape index (κ1) is 15.2. The SMILES string of the molecule is CC(C)=CC(=O)N[C@H](CCCC(=O)O)C(=O)O. The predicted octanol–water partition coefficient (Wildman–Crippen LogP) is 0.777. The lowest BCUT2D eigenvalue weighted by molar-refractivity contribution is -0.142. The second-order valence-electron chi connectivity index (χ2n) is 3.91. The lowest BCUT2D eigenvalue weighted by atomic mass is 10.1. The third-order valence-electron chi connectivity index (χ3n) is 1.92. The van der Waals surface area contributed by atoms with Crippen molar-refractivity contribution in [1.29, 1.82) is 0 Å². The Balaban J connectivity index is 4.25. The van der Waals surface area contributed by atoms with Crippen LogP contribution in [0.3, 0.4) is 0 Å². The smallest absolute Gasteiger partial charge is 0.326 e. The molecule has 3 N–H and O–H groups in total. The molecule has 0 heterocycles. The highest BCUT2D eigenvalue weighted by Crippen LogP contribution is 2.02. The molecule has 0 saturated heterocycles. The molecule has 1 atom stereocenters. The monoisotopic (exact) mass is 243 g/mol.